The van der Waals surface area contributed by atoms with Gasteiger partial charge < -0.3 is 10.1 Å². The molecule has 5 rings (SSSR count). The Morgan fingerprint density at radius 3 is 2.75 bits per heavy atom. The Morgan fingerprint density at radius 2 is 1.96 bits per heavy atom. The number of para-hydroxylation sites is 1. The third kappa shape index (κ3) is 3.20. The van der Waals surface area contributed by atoms with Crippen molar-refractivity contribution in [1.82, 2.24) is 15.0 Å². The number of carbonyl (C=O) groups is 1. The minimum atomic E-state index is -0.122. The Bertz CT molecular complexity index is 1000. The predicted octanol–water partition coefficient (Wildman–Crippen LogP) is 3.40. The van der Waals surface area contributed by atoms with Gasteiger partial charge in [-0.3, -0.25) is 9.48 Å². The number of amides is 1. The molecule has 1 amide bonds. The van der Waals surface area contributed by atoms with Gasteiger partial charge in [-0.1, -0.05) is 35.5 Å². The van der Waals surface area contributed by atoms with Crippen LogP contribution in [0, 0.1) is 24.7 Å². The number of hydrogen-bond acceptors (Lipinski definition) is 4. The molecule has 1 saturated carbocycles. The van der Waals surface area contributed by atoms with Gasteiger partial charge in [0.2, 0.25) is 0 Å². The van der Waals surface area contributed by atoms with E-state index in [1.165, 1.54) is 0 Å². The summed E-state index contributed by atoms with van der Waals surface area (Å²) in [5, 5.41) is 11.6. The molecule has 1 aliphatic heterocycles. The lowest BCUT2D eigenvalue weighted by Crippen LogP contribution is -2.13. The van der Waals surface area contributed by atoms with Gasteiger partial charge in [-0.2, -0.15) is 0 Å². The molecular weight excluding hydrogens is 352 g/mol. The predicted molar refractivity (Wildman–Crippen MR) is 106 cm³/mol. The van der Waals surface area contributed by atoms with Crippen molar-refractivity contribution in [2.24, 2.45) is 17.8 Å². The van der Waals surface area contributed by atoms with E-state index in [0.29, 0.717) is 23.3 Å². The smallest absolute Gasteiger partial charge is 0.255 e. The van der Waals surface area contributed by atoms with Crippen LogP contribution < -0.4 is 5.32 Å². The molecule has 2 aromatic carbocycles. The van der Waals surface area contributed by atoms with Crippen molar-refractivity contribution in [3.63, 3.8) is 0 Å². The largest absolute Gasteiger partial charge is 0.381 e. The van der Waals surface area contributed by atoms with Crippen LogP contribution in [0.15, 0.2) is 54.7 Å². The van der Waals surface area contributed by atoms with Crippen molar-refractivity contribution in [2.45, 2.75) is 13.5 Å². The number of nitrogens with one attached hydrogen (secondary N) is 1. The molecule has 2 heterocycles. The summed E-state index contributed by atoms with van der Waals surface area (Å²) in [5.41, 5.74) is 4.03. The molecule has 0 radical (unpaired) electrons. The fraction of sp³-hybridized carbons (Fsp3) is 0.318. The maximum atomic E-state index is 12.7. The zero-order valence-corrected chi connectivity index (χ0v) is 15.7. The number of ether oxygens (including phenoxy) is 1. The molecule has 28 heavy (non-hydrogen) atoms. The van der Waals surface area contributed by atoms with Crippen molar-refractivity contribution in [2.75, 3.05) is 18.5 Å². The number of aromatic nitrogens is 3. The van der Waals surface area contributed by atoms with Gasteiger partial charge in [0, 0.05) is 23.4 Å². The highest BCUT2D eigenvalue weighted by molar-refractivity contribution is 6.05. The lowest BCUT2D eigenvalue weighted by Gasteiger charge is -2.09. The summed E-state index contributed by atoms with van der Waals surface area (Å²) in [4.78, 5) is 12.7. The van der Waals surface area contributed by atoms with E-state index >= 15 is 0 Å². The van der Waals surface area contributed by atoms with E-state index in [4.69, 9.17) is 4.74 Å². The second-order valence-electron chi connectivity index (χ2n) is 7.70. The number of benzene rings is 2. The number of fused-ring (bicyclic) bond motifs is 1. The summed E-state index contributed by atoms with van der Waals surface area (Å²) >= 11 is 0. The number of hydrogen-bond donors (Lipinski definition) is 1. The minimum Gasteiger partial charge on any atom is -0.381 e. The highest BCUT2D eigenvalue weighted by Gasteiger charge is 2.53. The molecule has 0 bridgehead atoms. The van der Waals surface area contributed by atoms with Crippen molar-refractivity contribution >= 4 is 11.6 Å². The Balaban J connectivity index is 1.33. The van der Waals surface area contributed by atoms with Crippen molar-refractivity contribution in [3.05, 3.63) is 65.9 Å². The molecule has 2 fully saturated rings. The summed E-state index contributed by atoms with van der Waals surface area (Å²) in [6, 6.07) is 15.3. The molecule has 1 N–H and O–H groups in total. The highest BCUT2D eigenvalue weighted by Crippen LogP contribution is 2.51. The van der Waals surface area contributed by atoms with E-state index in [0.717, 1.165) is 42.3 Å². The summed E-state index contributed by atoms with van der Waals surface area (Å²) in [6.45, 7) is 4.59. The molecule has 142 valence electrons. The lowest BCUT2D eigenvalue weighted by atomic mass is 10.0. The van der Waals surface area contributed by atoms with Gasteiger partial charge in [0.05, 0.1) is 19.4 Å². The van der Waals surface area contributed by atoms with Crippen molar-refractivity contribution < 1.29 is 9.53 Å². The van der Waals surface area contributed by atoms with Crippen LogP contribution in [0.2, 0.25) is 0 Å². The first-order valence-corrected chi connectivity index (χ1v) is 9.64. The molecule has 2 aliphatic rings. The third-order valence-electron chi connectivity index (χ3n) is 5.88. The zero-order chi connectivity index (χ0) is 19.1. The Labute approximate surface area is 163 Å². The number of aryl methyl sites for hydroxylation is 1. The number of carbonyl (C=O) groups excluding carboxylic acids is 1. The number of anilines is 1. The standard InChI is InChI=1S/C22H22N4O2/c1-14-7-8-15(9-17(14)22(27)23-16-5-3-2-4-6-16)21-11-26(25-24-21)10-18-19-12-28-13-20(18)19/h2-9,11,18-20H,10,12-13H2,1H3,(H,23,27). The minimum absolute atomic E-state index is 0.122. The van der Waals surface area contributed by atoms with E-state index < -0.39 is 0 Å². The zero-order valence-electron chi connectivity index (χ0n) is 15.7. The van der Waals surface area contributed by atoms with Gasteiger partial charge >= 0.3 is 0 Å². The Morgan fingerprint density at radius 1 is 1.18 bits per heavy atom. The molecule has 1 aliphatic carbocycles. The average molecular weight is 374 g/mol. The van der Waals surface area contributed by atoms with Crippen LogP contribution in [0.5, 0.6) is 0 Å². The molecule has 2 atom stereocenters. The van der Waals surface area contributed by atoms with Crippen LogP contribution in [0.25, 0.3) is 11.3 Å². The van der Waals surface area contributed by atoms with Gasteiger partial charge in [-0.15, -0.1) is 5.10 Å². The highest BCUT2D eigenvalue weighted by atomic mass is 16.5. The first kappa shape index (κ1) is 17.1. The maximum Gasteiger partial charge on any atom is 0.255 e. The van der Waals surface area contributed by atoms with Crippen molar-refractivity contribution in [3.8, 4) is 11.3 Å². The van der Waals surface area contributed by atoms with Crippen LogP contribution in [0.4, 0.5) is 5.69 Å². The fourth-order valence-electron chi connectivity index (χ4n) is 4.11. The summed E-state index contributed by atoms with van der Waals surface area (Å²) in [5.74, 6) is 1.93. The SMILES string of the molecule is Cc1ccc(-c2cn(CC3C4COCC43)nn2)cc1C(=O)Nc1ccccc1. The van der Waals surface area contributed by atoms with Crippen LogP contribution in [0.3, 0.4) is 0 Å². The molecule has 2 unspecified atom stereocenters. The molecule has 6 nitrogen and oxygen atoms in total. The average Bonchev–Trinajstić information content (AvgIpc) is 3.09. The Kier molecular flexibility index (Phi) is 4.20. The van der Waals surface area contributed by atoms with E-state index in [1.54, 1.807) is 0 Å². The summed E-state index contributed by atoms with van der Waals surface area (Å²) in [7, 11) is 0. The van der Waals surface area contributed by atoms with E-state index in [9.17, 15) is 4.79 Å². The second-order valence-corrected chi connectivity index (χ2v) is 7.70. The van der Waals surface area contributed by atoms with Crippen molar-refractivity contribution in [1.29, 1.82) is 0 Å². The normalized spacial score (nSPS) is 22.7. The van der Waals surface area contributed by atoms with Crippen LogP contribution in [-0.4, -0.2) is 34.1 Å². The first-order chi connectivity index (χ1) is 13.7. The fourth-order valence-corrected chi connectivity index (χ4v) is 4.11. The lowest BCUT2D eigenvalue weighted by molar-refractivity contribution is 0.102. The molecule has 1 saturated heterocycles. The summed E-state index contributed by atoms with van der Waals surface area (Å²) < 4.78 is 7.37. The Hall–Kier alpha value is -2.99. The van der Waals surface area contributed by atoms with Gasteiger partial charge in [0.1, 0.15) is 5.69 Å². The van der Waals surface area contributed by atoms with Gasteiger partial charge in [-0.05, 0) is 48.4 Å². The maximum absolute atomic E-state index is 12.7. The summed E-state index contributed by atoms with van der Waals surface area (Å²) in [6.07, 6.45) is 1.97. The van der Waals surface area contributed by atoms with Gasteiger partial charge in [-0.25, -0.2) is 0 Å². The van der Waals surface area contributed by atoms with Crippen LogP contribution >= 0.6 is 0 Å². The number of rotatable bonds is 5. The van der Waals surface area contributed by atoms with E-state index in [2.05, 4.69) is 15.6 Å². The third-order valence-corrected chi connectivity index (χ3v) is 5.88. The van der Waals surface area contributed by atoms with Crippen LogP contribution in [0.1, 0.15) is 15.9 Å². The molecule has 0 spiro atoms. The molecule has 1 aromatic heterocycles. The molecule has 3 aromatic rings. The molecule has 6 heteroatoms. The van der Waals surface area contributed by atoms with E-state index in [-0.39, 0.29) is 5.91 Å². The van der Waals surface area contributed by atoms with Gasteiger partial charge in [0.25, 0.3) is 5.91 Å². The molecular formula is C22H22N4O2. The quantitative estimate of drug-likeness (QED) is 0.743. The van der Waals surface area contributed by atoms with E-state index in [1.807, 2.05) is 66.3 Å². The number of nitrogens with zero attached hydrogens (tertiary/aromatic N) is 3. The second kappa shape index (κ2) is 6.87. The van der Waals surface area contributed by atoms with Gasteiger partial charge in [0.15, 0.2) is 0 Å². The first-order valence-electron chi connectivity index (χ1n) is 9.64. The monoisotopic (exact) mass is 374 g/mol. The topological polar surface area (TPSA) is 69.0 Å². The van der Waals surface area contributed by atoms with Crippen LogP contribution in [-0.2, 0) is 11.3 Å².